The van der Waals surface area contributed by atoms with E-state index in [1.165, 1.54) is 25.7 Å². The first-order valence-corrected chi connectivity index (χ1v) is 7.53. The van der Waals surface area contributed by atoms with E-state index in [9.17, 15) is 0 Å². The van der Waals surface area contributed by atoms with Crippen molar-refractivity contribution in [3.8, 4) is 0 Å². The standard InChI is InChI=1S/C14H26N2O2/c1-11(9-12-10-17-7-5-15-12)16-6-8-18-14-4-2-3-13(14)16/h11-15H,2-10H2,1H3. The number of ether oxygens (including phenoxy) is 2. The lowest BCUT2D eigenvalue weighted by Crippen LogP contribution is -2.54. The lowest BCUT2D eigenvalue weighted by molar-refractivity contribution is -0.0730. The van der Waals surface area contributed by atoms with Crippen LogP contribution in [0.4, 0.5) is 0 Å². The molecule has 2 aliphatic heterocycles. The Morgan fingerprint density at radius 2 is 2.28 bits per heavy atom. The van der Waals surface area contributed by atoms with E-state index in [1.807, 2.05) is 0 Å². The molecule has 104 valence electrons. The van der Waals surface area contributed by atoms with Crippen molar-refractivity contribution in [1.29, 1.82) is 0 Å². The van der Waals surface area contributed by atoms with E-state index >= 15 is 0 Å². The second-order valence-corrected chi connectivity index (χ2v) is 5.96. The molecule has 4 heteroatoms. The highest BCUT2D eigenvalue weighted by atomic mass is 16.5. The van der Waals surface area contributed by atoms with Crippen LogP contribution in [0, 0.1) is 0 Å². The minimum absolute atomic E-state index is 0.511. The predicted octanol–water partition coefficient (Wildman–Crippen LogP) is 1.01. The molecule has 1 saturated carbocycles. The van der Waals surface area contributed by atoms with E-state index < -0.39 is 0 Å². The lowest BCUT2D eigenvalue weighted by Gasteiger charge is -2.42. The molecule has 4 unspecified atom stereocenters. The summed E-state index contributed by atoms with van der Waals surface area (Å²) in [6, 6.07) is 1.86. The van der Waals surface area contributed by atoms with E-state index in [2.05, 4.69) is 17.1 Å². The van der Waals surface area contributed by atoms with Gasteiger partial charge in [-0.25, -0.2) is 0 Å². The number of rotatable bonds is 3. The summed E-state index contributed by atoms with van der Waals surface area (Å²) in [6.07, 6.45) is 5.63. The number of nitrogens with zero attached hydrogens (tertiary/aromatic N) is 1. The largest absolute Gasteiger partial charge is 0.379 e. The first kappa shape index (κ1) is 12.9. The van der Waals surface area contributed by atoms with Crippen LogP contribution in [0.3, 0.4) is 0 Å². The summed E-state index contributed by atoms with van der Waals surface area (Å²) in [6.45, 7) is 7.15. The third-order valence-corrected chi connectivity index (χ3v) is 4.72. The zero-order valence-electron chi connectivity index (χ0n) is 11.4. The minimum Gasteiger partial charge on any atom is -0.379 e. The fourth-order valence-corrected chi connectivity index (χ4v) is 3.82. The van der Waals surface area contributed by atoms with E-state index in [4.69, 9.17) is 9.47 Å². The fourth-order valence-electron chi connectivity index (χ4n) is 3.82. The molecule has 0 aromatic heterocycles. The fraction of sp³-hybridized carbons (Fsp3) is 1.00. The van der Waals surface area contributed by atoms with Crippen molar-refractivity contribution in [2.24, 2.45) is 0 Å². The molecule has 0 amide bonds. The molecule has 3 aliphatic rings. The van der Waals surface area contributed by atoms with Crippen LogP contribution in [0.5, 0.6) is 0 Å². The second kappa shape index (κ2) is 5.87. The quantitative estimate of drug-likeness (QED) is 0.815. The number of hydrogen-bond donors (Lipinski definition) is 1. The smallest absolute Gasteiger partial charge is 0.0731 e. The van der Waals surface area contributed by atoms with Crippen LogP contribution in [0.25, 0.3) is 0 Å². The van der Waals surface area contributed by atoms with Crippen molar-refractivity contribution in [2.75, 3.05) is 32.9 Å². The van der Waals surface area contributed by atoms with E-state index in [0.29, 0.717) is 24.2 Å². The SMILES string of the molecule is CC(CC1COCCN1)N1CCOC2CCCC21. The molecule has 0 spiro atoms. The van der Waals surface area contributed by atoms with E-state index in [1.54, 1.807) is 0 Å². The maximum Gasteiger partial charge on any atom is 0.0731 e. The highest BCUT2D eigenvalue weighted by Crippen LogP contribution is 2.31. The summed E-state index contributed by atoms with van der Waals surface area (Å²) in [5.41, 5.74) is 0. The molecule has 1 aliphatic carbocycles. The Labute approximate surface area is 110 Å². The third kappa shape index (κ3) is 2.72. The molecule has 2 saturated heterocycles. The molecule has 3 rings (SSSR count). The van der Waals surface area contributed by atoms with Crippen LogP contribution in [-0.2, 0) is 9.47 Å². The molecule has 1 N–H and O–H groups in total. The molecule has 3 fully saturated rings. The van der Waals surface area contributed by atoms with Crippen molar-refractivity contribution in [2.45, 2.75) is 56.8 Å². The van der Waals surface area contributed by atoms with Crippen LogP contribution in [0.2, 0.25) is 0 Å². The van der Waals surface area contributed by atoms with Crippen LogP contribution in [0.15, 0.2) is 0 Å². The van der Waals surface area contributed by atoms with Crippen LogP contribution in [0.1, 0.15) is 32.6 Å². The Hall–Kier alpha value is -0.160. The molecule has 0 aromatic carbocycles. The normalized spacial score (nSPS) is 39.5. The minimum atomic E-state index is 0.511. The maximum absolute atomic E-state index is 5.89. The van der Waals surface area contributed by atoms with Gasteiger partial charge in [-0.1, -0.05) is 0 Å². The lowest BCUT2D eigenvalue weighted by atomic mass is 10.0. The van der Waals surface area contributed by atoms with Gasteiger partial charge < -0.3 is 14.8 Å². The average molecular weight is 254 g/mol. The Kier molecular flexibility index (Phi) is 4.19. The monoisotopic (exact) mass is 254 g/mol. The first-order valence-electron chi connectivity index (χ1n) is 7.53. The van der Waals surface area contributed by atoms with Gasteiger partial charge in [-0.2, -0.15) is 0 Å². The van der Waals surface area contributed by atoms with Gasteiger partial charge in [-0.3, -0.25) is 4.90 Å². The van der Waals surface area contributed by atoms with Crippen LogP contribution in [-0.4, -0.2) is 62.0 Å². The summed E-state index contributed by atoms with van der Waals surface area (Å²) >= 11 is 0. The van der Waals surface area contributed by atoms with Gasteiger partial charge in [-0.15, -0.1) is 0 Å². The predicted molar refractivity (Wildman–Crippen MR) is 70.8 cm³/mol. The number of nitrogens with one attached hydrogen (secondary N) is 1. The topological polar surface area (TPSA) is 33.7 Å². The maximum atomic E-state index is 5.89. The zero-order valence-corrected chi connectivity index (χ0v) is 11.4. The summed E-state index contributed by atoms with van der Waals surface area (Å²) in [5.74, 6) is 0. The summed E-state index contributed by atoms with van der Waals surface area (Å²) in [7, 11) is 0. The van der Waals surface area contributed by atoms with Gasteiger partial charge in [0.05, 0.1) is 25.9 Å². The first-order chi connectivity index (χ1) is 8.84. The summed E-state index contributed by atoms with van der Waals surface area (Å²) < 4.78 is 11.4. The molecule has 0 radical (unpaired) electrons. The highest BCUT2D eigenvalue weighted by Gasteiger charge is 2.38. The Morgan fingerprint density at radius 3 is 3.11 bits per heavy atom. The van der Waals surface area contributed by atoms with Gasteiger partial charge in [-0.05, 0) is 32.6 Å². The summed E-state index contributed by atoms with van der Waals surface area (Å²) in [5, 5.41) is 3.57. The molecule has 0 aromatic rings. The number of hydrogen-bond acceptors (Lipinski definition) is 4. The van der Waals surface area contributed by atoms with Crippen LogP contribution >= 0.6 is 0 Å². The number of morpholine rings is 2. The zero-order chi connectivity index (χ0) is 12.4. The molecular formula is C14H26N2O2. The Balaban J connectivity index is 1.55. The molecule has 0 bridgehead atoms. The van der Waals surface area contributed by atoms with Crippen LogP contribution < -0.4 is 5.32 Å². The van der Waals surface area contributed by atoms with Gasteiger partial charge in [0.2, 0.25) is 0 Å². The van der Waals surface area contributed by atoms with Crippen molar-refractivity contribution in [3.05, 3.63) is 0 Å². The Morgan fingerprint density at radius 1 is 1.33 bits per heavy atom. The van der Waals surface area contributed by atoms with Gasteiger partial charge in [0.25, 0.3) is 0 Å². The Bertz CT molecular complexity index is 269. The molecule has 18 heavy (non-hydrogen) atoms. The molecule has 4 nitrogen and oxygen atoms in total. The van der Waals surface area contributed by atoms with Crippen molar-refractivity contribution < 1.29 is 9.47 Å². The van der Waals surface area contributed by atoms with Gasteiger partial charge >= 0.3 is 0 Å². The third-order valence-electron chi connectivity index (χ3n) is 4.72. The summed E-state index contributed by atoms with van der Waals surface area (Å²) in [4.78, 5) is 2.69. The van der Waals surface area contributed by atoms with Crippen molar-refractivity contribution >= 4 is 0 Å². The van der Waals surface area contributed by atoms with Gasteiger partial charge in [0, 0.05) is 31.2 Å². The molecule has 4 atom stereocenters. The van der Waals surface area contributed by atoms with Gasteiger partial charge in [0.15, 0.2) is 0 Å². The van der Waals surface area contributed by atoms with Crippen molar-refractivity contribution in [1.82, 2.24) is 10.2 Å². The molecular weight excluding hydrogens is 228 g/mol. The highest BCUT2D eigenvalue weighted by molar-refractivity contribution is 4.92. The van der Waals surface area contributed by atoms with Crippen molar-refractivity contribution in [3.63, 3.8) is 0 Å². The van der Waals surface area contributed by atoms with E-state index in [-0.39, 0.29) is 0 Å². The van der Waals surface area contributed by atoms with E-state index in [0.717, 1.165) is 32.9 Å². The van der Waals surface area contributed by atoms with Gasteiger partial charge in [0.1, 0.15) is 0 Å². The average Bonchev–Trinajstić information content (AvgIpc) is 2.87. The second-order valence-electron chi connectivity index (χ2n) is 5.96. The molecule has 2 heterocycles. The number of fused-ring (bicyclic) bond motifs is 1.